The van der Waals surface area contributed by atoms with E-state index in [-0.39, 0.29) is 6.10 Å². The summed E-state index contributed by atoms with van der Waals surface area (Å²) in [6.07, 6.45) is 2.47. The molecule has 4 heteroatoms. The van der Waals surface area contributed by atoms with Crippen LogP contribution >= 0.6 is 11.3 Å². The fourth-order valence-electron chi connectivity index (χ4n) is 3.96. The summed E-state index contributed by atoms with van der Waals surface area (Å²) in [5, 5.41) is 4.87. The Balaban J connectivity index is 1.46. The van der Waals surface area contributed by atoms with E-state index in [0.29, 0.717) is 6.04 Å². The van der Waals surface area contributed by atoms with Crippen molar-refractivity contribution >= 4 is 21.4 Å². The predicted molar refractivity (Wildman–Crippen MR) is 114 cm³/mol. The molecular weight excluding hydrogens is 352 g/mol. The van der Waals surface area contributed by atoms with E-state index in [1.54, 1.807) is 0 Å². The van der Waals surface area contributed by atoms with Gasteiger partial charge in [-0.15, -0.1) is 11.3 Å². The summed E-state index contributed by atoms with van der Waals surface area (Å²) in [7, 11) is 2.24. The fourth-order valence-corrected chi connectivity index (χ4v) is 5.04. The maximum atomic E-state index is 6.15. The number of nitrogens with zero attached hydrogens (tertiary/aromatic N) is 1. The Labute approximate surface area is 166 Å². The van der Waals surface area contributed by atoms with Crippen LogP contribution in [0, 0.1) is 0 Å². The Morgan fingerprint density at radius 1 is 1.15 bits per heavy atom. The van der Waals surface area contributed by atoms with Crippen molar-refractivity contribution in [1.82, 2.24) is 10.2 Å². The highest BCUT2D eigenvalue weighted by Crippen LogP contribution is 2.27. The zero-order chi connectivity index (χ0) is 18.5. The van der Waals surface area contributed by atoms with Crippen LogP contribution in [-0.2, 0) is 17.7 Å². The third-order valence-electron chi connectivity index (χ3n) is 5.39. The molecule has 1 aliphatic rings. The fraction of sp³-hybridized carbons (Fsp3) is 0.391. The van der Waals surface area contributed by atoms with Crippen LogP contribution in [-0.4, -0.2) is 43.8 Å². The highest BCUT2D eigenvalue weighted by Gasteiger charge is 2.28. The maximum Gasteiger partial charge on any atom is 0.0855 e. The Morgan fingerprint density at radius 2 is 1.96 bits per heavy atom. The van der Waals surface area contributed by atoms with Crippen molar-refractivity contribution in [3.63, 3.8) is 0 Å². The van der Waals surface area contributed by atoms with Gasteiger partial charge in [0.1, 0.15) is 0 Å². The Hall–Kier alpha value is -1.72. The molecule has 142 valence electrons. The van der Waals surface area contributed by atoms with Gasteiger partial charge in [0.25, 0.3) is 0 Å². The molecule has 3 aromatic rings. The monoisotopic (exact) mass is 380 g/mol. The SMILES string of the molecule is CN(Cc1ccccc1)C(CCc1cc2ccccc2s1)C1CNCCO1. The quantitative estimate of drug-likeness (QED) is 0.660. The van der Waals surface area contributed by atoms with Crippen LogP contribution in [0.2, 0.25) is 0 Å². The second-order valence-electron chi connectivity index (χ2n) is 7.37. The Morgan fingerprint density at radius 3 is 2.74 bits per heavy atom. The van der Waals surface area contributed by atoms with Crippen molar-refractivity contribution in [3.05, 3.63) is 71.1 Å². The van der Waals surface area contributed by atoms with Gasteiger partial charge in [0.15, 0.2) is 0 Å². The van der Waals surface area contributed by atoms with E-state index in [1.807, 2.05) is 11.3 Å². The number of morpholine rings is 1. The van der Waals surface area contributed by atoms with Gasteiger partial charge in [-0.1, -0.05) is 48.5 Å². The van der Waals surface area contributed by atoms with Crippen molar-refractivity contribution in [2.45, 2.75) is 31.5 Å². The third-order valence-corrected chi connectivity index (χ3v) is 6.57. The molecule has 1 fully saturated rings. The largest absolute Gasteiger partial charge is 0.374 e. The standard InChI is InChI=1S/C23H28N2OS/c1-25(17-18-7-3-2-4-8-18)21(22-16-24-13-14-26-22)12-11-20-15-19-9-5-6-10-23(19)27-20/h2-10,15,21-22,24H,11-14,16-17H2,1H3. The first-order valence-corrected chi connectivity index (χ1v) is 10.7. The van der Waals surface area contributed by atoms with Crippen LogP contribution in [0.25, 0.3) is 10.1 Å². The molecular formula is C23H28N2OS. The van der Waals surface area contributed by atoms with Crippen LogP contribution in [0.3, 0.4) is 0 Å². The van der Waals surface area contributed by atoms with Gasteiger partial charge >= 0.3 is 0 Å². The minimum absolute atomic E-state index is 0.252. The van der Waals surface area contributed by atoms with Gasteiger partial charge in [-0.3, -0.25) is 4.90 Å². The van der Waals surface area contributed by atoms with Gasteiger partial charge in [0.2, 0.25) is 0 Å². The van der Waals surface area contributed by atoms with E-state index in [1.165, 1.54) is 20.5 Å². The summed E-state index contributed by atoms with van der Waals surface area (Å²) < 4.78 is 7.53. The summed E-state index contributed by atoms with van der Waals surface area (Å²) in [5.74, 6) is 0. The van der Waals surface area contributed by atoms with Gasteiger partial charge in [0, 0.05) is 35.3 Å². The Bertz CT molecular complexity index is 809. The smallest absolute Gasteiger partial charge is 0.0855 e. The average molecular weight is 381 g/mol. The van der Waals surface area contributed by atoms with E-state index in [0.717, 1.165) is 39.1 Å². The van der Waals surface area contributed by atoms with Gasteiger partial charge in [0.05, 0.1) is 12.7 Å². The molecule has 1 aromatic heterocycles. The molecule has 2 heterocycles. The molecule has 0 bridgehead atoms. The first kappa shape index (κ1) is 18.6. The number of nitrogens with one attached hydrogen (secondary N) is 1. The van der Waals surface area contributed by atoms with Crippen molar-refractivity contribution in [3.8, 4) is 0 Å². The number of aryl methyl sites for hydroxylation is 1. The van der Waals surface area contributed by atoms with Crippen LogP contribution in [0.1, 0.15) is 16.9 Å². The minimum atomic E-state index is 0.252. The first-order valence-electron chi connectivity index (χ1n) is 9.83. The first-order chi connectivity index (χ1) is 13.3. The lowest BCUT2D eigenvalue weighted by molar-refractivity contribution is -0.0298. The molecule has 0 amide bonds. The lowest BCUT2D eigenvalue weighted by atomic mass is 10.0. The third kappa shape index (κ3) is 4.77. The van der Waals surface area contributed by atoms with Crippen LogP contribution in [0.5, 0.6) is 0 Å². The molecule has 3 nitrogen and oxygen atoms in total. The normalized spacial score (nSPS) is 18.8. The second-order valence-corrected chi connectivity index (χ2v) is 8.54. The number of likely N-dealkylation sites (N-methyl/N-ethyl adjacent to an activating group) is 1. The van der Waals surface area contributed by atoms with Crippen molar-refractivity contribution in [2.75, 3.05) is 26.7 Å². The number of rotatable bonds is 7. The van der Waals surface area contributed by atoms with Gasteiger partial charge < -0.3 is 10.1 Å². The van der Waals surface area contributed by atoms with E-state index < -0.39 is 0 Å². The number of thiophene rings is 1. The average Bonchev–Trinajstić information content (AvgIpc) is 3.13. The number of hydrogen-bond donors (Lipinski definition) is 1. The molecule has 0 spiro atoms. The number of ether oxygens (including phenoxy) is 1. The molecule has 1 aliphatic heterocycles. The molecule has 2 unspecified atom stereocenters. The number of fused-ring (bicyclic) bond motifs is 1. The summed E-state index contributed by atoms with van der Waals surface area (Å²) >= 11 is 1.93. The van der Waals surface area contributed by atoms with Gasteiger partial charge in [-0.25, -0.2) is 0 Å². The zero-order valence-electron chi connectivity index (χ0n) is 15.9. The zero-order valence-corrected chi connectivity index (χ0v) is 16.8. The molecule has 0 radical (unpaired) electrons. The molecule has 2 atom stereocenters. The van der Waals surface area contributed by atoms with E-state index >= 15 is 0 Å². The molecule has 4 rings (SSSR count). The maximum absolute atomic E-state index is 6.15. The molecule has 2 aromatic carbocycles. The highest BCUT2D eigenvalue weighted by molar-refractivity contribution is 7.19. The lowest BCUT2D eigenvalue weighted by Gasteiger charge is -2.37. The van der Waals surface area contributed by atoms with E-state index in [2.05, 4.69) is 77.9 Å². The van der Waals surface area contributed by atoms with Gasteiger partial charge in [-0.2, -0.15) is 0 Å². The van der Waals surface area contributed by atoms with Crippen LogP contribution < -0.4 is 5.32 Å². The Kier molecular flexibility index (Phi) is 6.20. The molecule has 1 saturated heterocycles. The molecule has 0 aliphatic carbocycles. The van der Waals surface area contributed by atoms with Crippen LogP contribution in [0.15, 0.2) is 60.7 Å². The lowest BCUT2D eigenvalue weighted by Crippen LogP contribution is -2.51. The van der Waals surface area contributed by atoms with E-state index in [4.69, 9.17) is 4.74 Å². The second kappa shape index (κ2) is 8.98. The predicted octanol–water partition coefficient (Wildman–Crippen LogP) is 4.32. The van der Waals surface area contributed by atoms with Crippen molar-refractivity contribution in [2.24, 2.45) is 0 Å². The van der Waals surface area contributed by atoms with Crippen LogP contribution in [0.4, 0.5) is 0 Å². The molecule has 27 heavy (non-hydrogen) atoms. The molecule has 1 N–H and O–H groups in total. The number of hydrogen-bond acceptors (Lipinski definition) is 4. The summed E-state index contributed by atoms with van der Waals surface area (Å²) in [5.41, 5.74) is 1.36. The van der Waals surface area contributed by atoms with Gasteiger partial charge in [-0.05, 0) is 43.0 Å². The number of benzene rings is 2. The highest BCUT2D eigenvalue weighted by atomic mass is 32.1. The topological polar surface area (TPSA) is 24.5 Å². The van der Waals surface area contributed by atoms with E-state index in [9.17, 15) is 0 Å². The van der Waals surface area contributed by atoms with Crippen molar-refractivity contribution < 1.29 is 4.74 Å². The summed E-state index contributed by atoms with van der Waals surface area (Å²) in [6.45, 7) is 3.67. The molecule has 0 saturated carbocycles. The summed E-state index contributed by atoms with van der Waals surface area (Å²) in [6, 6.07) is 22.2. The minimum Gasteiger partial charge on any atom is -0.374 e. The summed E-state index contributed by atoms with van der Waals surface area (Å²) in [4.78, 5) is 3.94. The van der Waals surface area contributed by atoms with Crippen molar-refractivity contribution in [1.29, 1.82) is 0 Å².